The number of nitrogens with zero attached hydrogens (tertiary/aromatic N) is 2. The molecule has 2 aliphatic heterocycles. The first-order valence-corrected chi connectivity index (χ1v) is 7.07. The zero-order chi connectivity index (χ0) is 13.1. The van der Waals surface area contributed by atoms with Crippen molar-refractivity contribution < 1.29 is 4.74 Å². The van der Waals surface area contributed by atoms with E-state index in [1.165, 1.54) is 24.9 Å². The number of hydrogen-bond donors (Lipinski definition) is 2. The van der Waals surface area contributed by atoms with E-state index in [-0.39, 0.29) is 12.1 Å². The average molecular weight is 262 g/mol. The smallest absolute Gasteiger partial charge is 0.0872 e. The number of nitrogens with two attached hydrogens (primary N) is 1. The Labute approximate surface area is 114 Å². The first-order valence-electron chi connectivity index (χ1n) is 7.07. The molecule has 3 atom stereocenters. The Bertz CT molecular complexity index is 400. The second kappa shape index (κ2) is 5.96. The molecule has 104 valence electrons. The molecule has 3 heterocycles. The molecule has 3 unspecified atom stereocenters. The molecule has 1 aromatic rings. The molecule has 5 heteroatoms. The summed E-state index contributed by atoms with van der Waals surface area (Å²) in [5.41, 5.74) is 4.11. The van der Waals surface area contributed by atoms with Crippen LogP contribution in [0.1, 0.15) is 18.4 Å². The largest absolute Gasteiger partial charge is 0.374 e. The number of hydrogen-bond acceptors (Lipinski definition) is 5. The summed E-state index contributed by atoms with van der Waals surface area (Å²) in [6.07, 6.45) is 7.28. The van der Waals surface area contributed by atoms with Gasteiger partial charge in [-0.1, -0.05) is 6.07 Å². The van der Waals surface area contributed by atoms with Gasteiger partial charge in [0.2, 0.25) is 0 Å². The summed E-state index contributed by atoms with van der Waals surface area (Å²) in [6.45, 7) is 3.03. The lowest BCUT2D eigenvalue weighted by Gasteiger charge is -2.38. The minimum atomic E-state index is 0.144. The first-order chi connectivity index (χ1) is 9.36. The highest BCUT2D eigenvalue weighted by molar-refractivity contribution is 5.11. The molecule has 2 aliphatic rings. The molecular formula is C14H22N4O. The molecule has 0 spiro atoms. The molecule has 0 amide bonds. The number of fused-ring (bicyclic) bond motifs is 1. The highest BCUT2D eigenvalue weighted by Crippen LogP contribution is 2.24. The van der Waals surface area contributed by atoms with Crippen molar-refractivity contribution in [2.24, 2.45) is 5.84 Å². The van der Waals surface area contributed by atoms with E-state index in [0.717, 1.165) is 19.6 Å². The standard InChI is InChI=1S/C14H22N4O/c15-17-13(7-11-3-1-5-16-8-11)14-9-18-6-2-4-12(18)10-19-14/h1,3,5,8,12-14,17H,2,4,6-7,9-10,15H2. The SMILES string of the molecule is NNC(Cc1cccnc1)C1CN2CCCC2CO1. The van der Waals surface area contributed by atoms with Crippen LogP contribution in [0.15, 0.2) is 24.5 Å². The molecule has 5 nitrogen and oxygen atoms in total. The van der Waals surface area contributed by atoms with Crippen LogP contribution in [0, 0.1) is 0 Å². The Morgan fingerprint density at radius 2 is 2.53 bits per heavy atom. The Kier molecular flexibility index (Phi) is 4.08. The quantitative estimate of drug-likeness (QED) is 0.604. The molecule has 3 rings (SSSR count). The zero-order valence-corrected chi connectivity index (χ0v) is 11.2. The summed E-state index contributed by atoms with van der Waals surface area (Å²) in [6, 6.07) is 4.82. The van der Waals surface area contributed by atoms with Gasteiger partial charge >= 0.3 is 0 Å². The maximum atomic E-state index is 6.01. The van der Waals surface area contributed by atoms with Crippen molar-refractivity contribution >= 4 is 0 Å². The third-order valence-electron chi connectivity index (χ3n) is 4.26. The minimum absolute atomic E-state index is 0.144. The van der Waals surface area contributed by atoms with E-state index in [1.54, 1.807) is 6.20 Å². The van der Waals surface area contributed by atoms with E-state index in [0.29, 0.717) is 6.04 Å². The van der Waals surface area contributed by atoms with Gasteiger partial charge in [0.15, 0.2) is 0 Å². The molecule has 0 saturated carbocycles. The predicted molar refractivity (Wildman–Crippen MR) is 73.4 cm³/mol. The van der Waals surface area contributed by atoms with Gasteiger partial charge in [-0.3, -0.25) is 21.2 Å². The van der Waals surface area contributed by atoms with Gasteiger partial charge in [0.1, 0.15) is 0 Å². The Morgan fingerprint density at radius 3 is 3.32 bits per heavy atom. The highest BCUT2D eigenvalue weighted by atomic mass is 16.5. The van der Waals surface area contributed by atoms with Crippen molar-refractivity contribution in [3.05, 3.63) is 30.1 Å². The minimum Gasteiger partial charge on any atom is -0.374 e. The van der Waals surface area contributed by atoms with E-state index in [4.69, 9.17) is 10.6 Å². The van der Waals surface area contributed by atoms with Crippen LogP contribution in [-0.2, 0) is 11.2 Å². The molecular weight excluding hydrogens is 240 g/mol. The average Bonchev–Trinajstić information content (AvgIpc) is 2.93. The van der Waals surface area contributed by atoms with Crippen LogP contribution in [0.25, 0.3) is 0 Å². The maximum absolute atomic E-state index is 6.01. The number of nitrogens with one attached hydrogen (secondary N) is 1. The fraction of sp³-hybridized carbons (Fsp3) is 0.643. The summed E-state index contributed by atoms with van der Waals surface area (Å²) >= 11 is 0. The van der Waals surface area contributed by atoms with Crippen molar-refractivity contribution in [2.45, 2.75) is 37.5 Å². The number of ether oxygens (including phenoxy) is 1. The summed E-state index contributed by atoms with van der Waals surface area (Å²) in [5, 5.41) is 0. The van der Waals surface area contributed by atoms with Crippen LogP contribution in [0.2, 0.25) is 0 Å². The normalized spacial score (nSPS) is 29.1. The van der Waals surface area contributed by atoms with E-state index in [1.807, 2.05) is 12.3 Å². The third kappa shape index (κ3) is 2.95. The van der Waals surface area contributed by atoms with Crippen molar-refractivity contribution in [1.29, 1.82) is 0 Å². The maximum Gasteiger partial charge on any atom is 0.0872 e. The van der Waals surface area contributed by atoms with Gasteiger partial charge in [0.05, 0.1) is 18.8 Å². The molecule has 0 radical (unpaired) electrons. The Hall–Kier alpha value is -1.01. The summed E-state index contributed by atoms with van der Waals surface area (Å²) in [7, 11) is 0. The van der Waals surface area contributed by atoms with Crippen LogP contribution in [0.3, 0.4) is 0 Å². The summed E-state index contributed by atoms with van der Waals surface area (Å²) in [5.74, 6) is 5.72. The van der Waals surface area contributed by atoms with Crippen LogP contribution in [0.5, 0.6) is 0 Å². The fourth-order valence-corrected chi connectivity index (χ4v) is 3.16. The molecule has 2 fully saturated rings. The van der Waals surface area contributed by atoms with Gasteiger partial charge in [-0.05, 0) is 37.4 Å². The van der Waals surface area contributed by atoms with Crippen LogP contribution < -0.4 is 11.3 Å². The van der Waals surface area contributed by atoms with Crippen LogP contribution >= 0.6 is 0 Å². The lowest BCUT2D eigenvalue weighted by atomic mass is 10.0. The zero-order valence-electron chi connectivity index (χ0n) is 11.2. The number of aromatic nitrogens is 1. The highest BCUT2D eigenvalue weighted by Gasteiger charge is 2.35. The Morgan fingerprint density at radius 1 is 1.58 bits per heavy atom. The van der Waals surface area contributed by atoms with Gasteiger partial charge < -0.3 is 4.74 Å². The van der Waals surface area contributed by atoms with E-state index in [9.17, 15) is 0 Å². The second-order valence-electron chi connectivity index (χ2n) is 5.50. The van der Waals surface area contributed by atoms with Crippen LogP contribution in [0.4, 0.5) is 0 Å². The molecule has 0 aliphatic carbocycles. The number of morpholine rings is 1. The van der Waals surface area contributed by atoms with Gasteiger partial charge in [-0.15, -0.1) is 0 Å². The molecule has 1 aromatic heterocycles. The van der Waals surface area contributed by atoms with Crippen molar-refractivity contribution in [3.8, 4) is 0 Å². The van der Waals surface area contributed by atoms with Crippen molar-refractivity contribution in [2.75, 3.05) is 19.7 Å². The third-order valence-corrected chi connectivity index (χ3v) is 4.26. The van der Waals surface area contributed by atoms with E-state index in [2.05, 4.69) is 21.4 Å². The topological polar surface area (TPSA) is 63.4 Å². The summed E-state index contributed by atoms with van der Waals surface area (Å²) < 4.78 is 6.01. The number of hydrazine groups is 1. The van der Waals surface area contributed by atoms with Gasteiger partial charge in [-0.25, -0.2) is 0 Å². The first kappa shape index (κ1) is 13.0. The van der Waals surface area contributed by atoms with Crippen LogP contribution in [-0.4, -0.2) is 47.8 Å². The van der Waals surface area contributed by atoms with Crippen molar-refractivity contribution in [3.63, 3.8) is 0 Å². The monoisotopic (exact) mass is 262 g/mol. The van der Waals surface area contributed by atoms with Gasteiger partial charge in [0.25, 0.3) is 0 Å². The lowest BCUT2D eigenvalue weighted by molar-refractivity contribution is -0.0644. The van der Waals surface area contributed by atoms with Crippen molar-refractivity contribution in [1.82, 2.24) is 15.3 Å². The second-order valence-corrected chi connectivity index (χ2v) is 5.50. The molecule has 0 aromatic carbocycles. The molecule has 0 bridgehead atoms. The number of rotatable bonds is 4. The summed E-state index contributed by atoms with van der Waals surface area (Å²) in [4.78, 5) is 6.69. The molecule has 3 N–H and O–H groups in total. The Balaban J connectivity index is 1.62. The molecule has 2 saturated heterocycles. The van der Waals surface area contributed by atoms with Gasteiger partial charge in [-0.2, -0.15) is 0 Å². The number of pyridine rings is 1. The predicted octanol–water partition coefficient (Wildman–Crippen LogP) is 0.319. The van der Waals surface area contributed by atoms with E-state index < -0.39 is 0 Å². The lowest BCUT2D eigenvalue weighted by Crippen LogP contribution is -2.56. The molecule has 19 heavy (non-hydrogen) atoms. The van der Waals surface area contributed by atoms with Gasteiger partial charge in [0, 0.05) is 25.0 Å². The fourth-order valence-electron chi connectivity index (χ4n) is 3.16. The van der Waals surface area contributed by atoms with E-state index >= 15 is 0 Å².